The summed E-state index contributed by atoms with van der Waals surface area (Å²) >= 11 is -0.923. The molecule has 1 heterocycles. The van der Waals surface area contributed by atoms with Gasteiger partial charge in [-0.3, -0.25) is 0 Å². The largest absolute Gasteiger partial charge is 0.616 e. The molecule has 5 nitrogen and oxygen atoms in total. The minimum atomic E-state index is -0.923. The van der Waals surface area contributed by atoms with Crippen molar-refractivity contribution in [2.24, 2.45) is 0 Å². The van der Waals surface area contributed by atoms with Crippen molar-refractivity contribution in [2.75, 3.05) is 12.4 Å². The molecule has 0 N–H and O–H groups in total. The van der Waals surface area contributed by atoms with Crippen molar-refractivity contribution >= 4 is 11.2 Å². The molecule has 0 radical (unpaired) electrons. The van der Waals surface area contributed by atoms with Crippen LogP contribution in [0.1, 0.15) is 11.1 Å². The van der Waals surface area contributed by atoms with E-state index < -0.39 is 11.2 Å². The van der Waals surface area contributed by atoms with Gasteiger partial charge in [0.25, 0.3) is 0 Å². The second-order valence-corrected chi connectivity index (χ2v) is 6.22. The van der Waals surface area contributed by atoms with Gasteiger partial charge in [0, 0.05) is 11.8 Å². The molecule has 112 valence electrons. The lowest BCUT2D eigenvalue weighted by Crippen LogP contribution is -2.16. The molecule has 0 spiro atoms. The fourth-order valence-electron chi connectivity index (χ4n) is 1.87. The Hall–Kier alpha value is -1.79. The van der Waals surface area contributed by atoms with Crippen molar-refractivity contribution in [1.29, 1.82) is 0 Å². The maximum absolute atomic E-state index is 12.1. The summed E-state index contributed by atoms with van der Waals surface area (Å²) in [6, 6.07) is 5.84. The zero-order valence-corrected chi connectivity index (χ0v) is 12.9. The lowest BCUT2D eigenvalue weighted by molar-refractivity contribution is 0.363. The van der Waals surface area contributed by atoms with Crippen LogP contribution in [-0.2, 0) is 23.5 Å². The minimum absolute atomic E-state index is 0.489. The Morgan fingerprint density at radius 1 is 1.48 bits per heavy atom. The highest BCUT2D eigenvalue weighted by Gasteiger charge is 2.11. The van der Waals surface area contributed by atoms with Crippen LogP contribution in [0.25, 0.3) is 0 Å². The van der Waals surface area contributed by atoms with Gasteiger partial charge in [-0.1, -0.05) is 23.9 Å². The van der Waals surface area contributed by atoms with Crippen LogP contribution in [0.5, 0.6) is 5.75 Å². The van der Waals surface area contributed by atoms with Gasteiger partial charge in [0.2, 0.25) is 0 Å². The van der Waals surface area contributed by atoms with Gasteiger partial charge in [-0.25, -0.2) is 4.68 Å². The van der Waals surface area contributed by atoms with Crippen LogP contribution in [0.2, 0.25) is 0 Å². The summed E-state index contributed by atoms with van der Waals surface area (Å²) in [5, 5.41) is 7.59. The van der Waals surface area contributed by atoms with E-state index >= 15 is 0 Å². The Kier molecular flexibility index (Phi) is 5.83. The highest BCUT2D eigenvalue weighted by Crippen LogP contribution is 2.19. The molecule has 1 atom stereocenters. The fourth-order valence-corrected chi connectivity index (χ4v) is 3.07. The number of hydrogen-bond acceptors (Lipinski definition) is 4. The second kappa shape index (κ2) is 7.85. The third-order valence-electron chi connectivity index (χ3n) is 3.02. The number of aryl methyl sites for hydroxylation is 2. The van der Waals surface area contributed by atoms with E-state index in [1.54, 1.807) is 23.2 Å². The van der Waals surface area contributed by atoms with E-state index in [0.29, 0.717) is 24.7 Å². The molecule has 0 bridgehead atoms. The maximum atomic E-state index is 12.1. The van der Waals surface area contributed by atoms with Crippen LogP contribution in [-0.4, -0.2) is 31.9 Å². The Labute approximate surface area is 127 Å². The monoisotopic (exact) mass is 305 g/mol. The molecule has 6 heteroatoms. The van der Waals surface area contributed by atoms with Crippen molar-refractivity contribution < 1.29 is 9.29 Å². The lowest BCUT2D eigenvalue weighted by Gasteiger charge is -2.13. The lowest BCUT2D eigenvalue weighted by atomic mass is 10.1. The van der Waals surface area contributed by atoms with Gasteiger partial charge in [0.05, 0.1) is 12.7 Å². The molecule has 1 aromatic heterocycles. The highest BCUT2D eigenvalue weighted by molar-refractivity contribution is 7.90. The number of aromatic nitrogens is 3. The molecule has 2 rings (SSSR count). The number of benzene rings is 1. The van der Waals surface area contributed by atoms with Gasteiger partial charge in [-0.05, 0) is 35.8 Å². The first kappa shape index (κ1) is 15.6. The Balaban J connectivity index is 1.87. The molecule has 1 unspecified atom stereocenters. The van der Waals surface area contributed by atoms with Gasteiger partial charge in [-0.15, -0.1) is 5.10 Å². The van der Waals surface area contributed by atoms with Crippen molar-refractivity contribution in [3.63, 3.8) is 0 Å². The summed E-state index contributed by atoms with van der Waals surface area (Å²) in [7, 11) is 0. The standard InChI is InChI=1S/C15H19N3O2S/c1-3-9-20-15-5-4-14(13(2)11-15)12-21(19)10-8-18-7-6-16-17-18/h3-7,11H,1,8-10,12H2,2H3. The number of hydrogen-bond donors (Lipinski definition) is 0. The second-order valence-electron chi connectivity index (χ2n) is 4.64. The van der Waals surface area contributed by atoms with Crippen LogP contribution >= 0.6 is 0 Å². The number of rotatable bonds is 8. The predicted octanol–water partition coefficient (Wildman–Crippen LogP) is 2.10. The first-order chi connectivity index (χ1) is 10.2. The summed E-state index contributed by atoms with van der Waals surface area (Å²) in [4.78, 5) is 0. The van der Waals surface area contributed by atoms with Gasteiger partial charge >= 0.3 is 0 Å². The van der Waals surface area contributed by atoms with E-state index in [1.165, 1.54) is 0 Å². The Bertz CT molecular complexity index is 572. The van der Waals surface area contributed by atoms with Crippen LogP contribution in [0.4, 0.5) is 0 Å². The van der Waals surface area contributed by atoms with Gasteiger partial charge in [0.1, 0.15) is 23.9 Å². The van der Waals surface area contributed by atoms with Crippen LogP contribution in [0, 0.1) is 6.92 Å². The average Bonchev–Trinajstić information content (AvgIpc) is 2.99. The van der Waals surface area contributed by atoms with Crippen LogP contribution in [0.15, 0.2) is 43.2 Å². The summed E-state index contributed by atoms with van der Waals surface area (Å²) in [5.74, 6) is 1.92. The molecule has 21 heavy (non-hydrogen) atoms. The van der Waals surface area contributed by atoms with Crippen molar-refractivity contribution in [3.05, 3.63) is 54.4 Å². The van der Waals surface area contributed by atoms with E-state index in [4.69, 9.17) is 4.74 Å². The van der Waals surface area contributed by atoms with E-state index in [0.717, 1.165) is 16.9 Å². The predicted molar refractivity (Wildman–Crippen MR) is 83.6 cm³/mol. The average molecular weight is 305 g/mol. The molecule has 0 amide bonds. The summed E-state index contributed by atoms with van der Waals surface area (Å²) in [6.45, 7) is 6.73. The van der Waals surface area contributed by atoms with E-state index in [2.05, 4.69) is 16.9 Å². The topological polar surface area (TPSA) is 63.0 Å². The molecule has 0 saturated carbocycles. The van der Waals surface area contributed by atoms with E-state index in [9.17, 15) is 4.55 Å². The van der Waals surface area contributed by atoms with Crippen molar-refractivity contribution in [2.45, 2.75) is 19.2 Å². The molecule has 0 fully saturated rings. The van der Waals surface area contributed by atoms with Crippen molar-refractivity contribution in [1.82, 2.24) is 15.0 Å². The molecular formula is C15H19N3O2S. The summed E-state index contributed by atoms with van der Waals surface area (Å²) in [6.07, 6.45) is 5.10. The van der Waals surface area contributed by atoms with E-state index in [1.807, 2.05) is 25.1 Å². The number of nitrogens with zero attached hydrogens (tertiary/aromatic N) is 3. The third-order valence-corrected chi connectivity index (χ3v) is 4.29. The van der Waals surface area contributed by atoms with Crippen LogP contribution < -0.4 is 4.74 Å². The van der Waals surface area contributed by atoms with Gasteiger partial charge < -0.3 is 9.29 Å². The third kappa shape index (κ3) is 4.91. The minimum Gasteiger partial charge on any atom is -0.616 e. The van der Waals surface area contributed by atoms with Gasteiger partial charge in [0.15, 0.2) is 0 Å². The zero-order valence-electron chi connectivity index (χ0n) is 12.1. The molecule has 0 aliphatic heterocycles. The molecule has 0 saturated heterocycles. The Morgan fingerprint density at radius 3 is 3.00 bits per heavy atom. The zero-order chi connectivity index (χ0) is 15.1. The molecular weight excluding hydrogens is 286 g/mol. The highest BCUT2D eigenvalue weighted by atomic mass is 32.2. The SMILES string of the molecule is C=CCOc1ccc(C[S+]([O-])CCn2ccnn2)c(C)c1. The normalized spacial score (nSPS) is 12.1. The Morgan fingerprint density at radius 2 is 2.33 bits per heavy atom. The quantitative estimate of drug-likeness (QED) is 0.553. The van der Waals surface area contributed by atoms with Crippen LogP contribution in [0.3, 0.4) is 0 Å². The first-order valence-corrected chi connectivity index (χ1v) is 8.20. The summed E-state index contributed by atoms with van der Waals surface area (Å²) < 4.78 is 19.3. The number of ether oxygens (including phenoxy) is 1. The fraction of sp³-hybridized carbons (Fsp3) is 0.333. The summed E-state index contributed by atoms with van der Waals surface area (Å²) in [5.41, 5.74) is 2.17. The smallest absolute Gasteiger partial charge is 0.131 e. The van der Waals surface area contributed by atoms with E-state index in [-0.39, 0.29) is 0 Å². The van der Waals surface area contributed by atoms with Crippen molar-refractivity contribution in [3.8, 4) is 5.75 Å². The molecule has 0 aliphatic rings. The molecule has 2 aromatic rings. The first-order valence-electron chi connectivity index (χ1n) is 6.71. The maximum Gasteiger partial charge on any atom is 0.131 e. The molecule has 1 aromatic carbocycles. The molecule has 0 aliphatic carbocycles. The van der Waals surface area contributed by atoms with Gasteiger partial charge in [-0.2, -0.15) is 0 Å².